The molecule has 0 amide bonds. The van der Waals surface area contributed by atoms with E-state index in [4.69, 9.17) is 0 Å². The van der Waals surface area contributed by atoms with Crippen molar-refractivity contribution < 1.29 is 9.90 Å². The molecular weight excluding hydrogens is 212 g/mol. The molecule has 3 atom stereocenters. The summed E-state index contributed by atoms with van der Waals surface area (Å²) in [7, 11) is 0. The lowest BCUT2D eigenvalue weighted by atomic mass is 10.0. The van der Waals surface area contributed by atoms with Crippen molar-refractivity contribution in [1.82, 2.24) is 0 Å². The Bertz CT molecular complexity index is 392. The Morgan fingerprint density at radius 2 is 2.06 bits per heavy atom. The zero-order valence-corrected chi connectivity index (χ0v) is 11.0. The maximum absolute atomic E-state index is 11.4. The molecule has 94 valence electrons. The third kappa shape index (κ3) is 2.18. The first-order chi connectivity index (χ1) is 7.96. The van der Waals surface area contributed by atoms with Gasteiger partial charge in [-0.15, -0.1) is 0 Å². The molecule has 2 rings (SSSR count). The Kier molecular flexibility index (Phi) is 3.15. The fraction of sp³-hybridized carbons (Fsp3) is 0.667. The number of hydrogen-bond acceptors (Lipinski definition) is 1. The number of allylic oxidation sites excluding steroid dienone is 4. The number of carboxylic acid groups (broad SMARTS) is 1. The van der Waals surface area contributed by atoms with Gasteiger partial charge in [-0.3, -0.25) is 4.79 Å². The number of rotatable bonds is 1. The van der Waals surface area contributed by atoms with Gasteiger partial charge in [0.05, 0.1) is 5.41 Å². The number of fused-ring (bicyclic) bond motifs is 1. The Morgan fingerprint density at radius 3 is 2.71 bits per heavy atom. The lowest BCUT2D eigenvalue weighted by Gasteiger charge is -2.05. The van der Waals surface area contributed by atoms with Crippen molar-refractivity contribution in [2.45, 2.75) is 46.5 Å². The molecule has 0 saturated heterocycles. The maximum atomic E-state index is 11.4. The number of carboxylic acids is 1. The lowest BCUT2D eigenvalue weighted by molar-refractivity contribution is -0.143. The predicted octanol–water partition coefficient (Wildman–Crippen LogP) is 3.79. The normalized spacial score (nSPS) is 37.6. The minimum absolute atomic E-state index is 0.255. The van der Waals surface area contributed by atoms with Gasteiger partial charge in [-0.1, -0.05) is 23.3 Å². The molecular formula is C15H22O2. The fourth-order valence-electron chi connectivity index (χ4n) is 3.13. The average Bonchev–Trinajstić information content (AvgIpc) is 2.82. The van der Waals surface area contributed by atoms with E-state index in [-0.39, 0.29) is 5.92 Å². The summed E-state index contributed by atoms with van der Waals surface area (Å²) < 4.78 is 0. The molecule has 0 heterocycles. The molecule has 17 heavy (non-hydrogen) atoms. The smallest absolute Gasteiger partial charge is 0.310 e. The standard InChI is InChI=1S/C15H22O2/c1-10-5-4-6-11(2)9-13-12(8-7-10)15(13,3)14(16)17/h5,9,12-13H,4,6-8H2,1-3H3,(H,16,17). The molecule has 2 aliphatic carbocycles. The Balaban J connectivity index is 2.22. The van der Waals surface area contributed by atoms with Crippen LogP contribution in [0, 0.1) is 17.3 Å². The van der Waals surface area contributed by atoms with Crippen molar-refractivity contribution in [3.05, 3.63) is 23.3 Å². The van der Waals surface area contributed by atoms with E-state index >= 15 is 0 Å². The summed E-state index contributed by atoms with van der Waals surface area (Å²) in [5.74, 6) is -0.0419. The Hall–Kier alpha value is -1.05. The minimum atomic E-state index is -0.627. The first-order valence-corrected chi connectivity index (χ1v) is 6.52. The SMILES string of the molecule is CC1=CC2C(CCC(C)=CCC1)C2(C)C(=O)O. The summed E-state index contributed by atoms with van der Waals surface area (Å²) in [5, 5.41) is 9.38. The molecule has 0 aromatic carbocycles. The number of carbonyl (C=O) groups is 1. The monoisotopic (exact) mass is 234 g/mol. The molecule has 1 saturated carbocycles. The zero-order chi connectivity index (χ0) is 12.6. The van der Waals surface area contributed by atoms with Crippen LogP contribution in [0.3, 0.4) is 0 Å². The van der Waals surface area contributed by atoms with Crippen LogP contribution in [0.25, 0.3) is 0 Å². The largest absolute Gasteiger partial charge is 0.481 e. The Labute approximate surface area is 103 Å². The van der Waals surface area contributed by atoms with E-state index in [1.807, 2.05) is 6.92 Å². The van der Waals surface area contributed by atoms with Crippen LogP contribution in [0.15, 0.2) is 23.3 Å². The summed E-state index contributed by atoms with van der Waals surface area (Å²) in [4.78, 5) is 11.4. The van der Waals surface area contributed by atoms with Gasteiger partial charge in [0.1, 0.15) is 0 Å². The molecule has 2 heteroatoms. The highest BCUT2D eigenvalue weighted by atomic mass is 16.4. The van der Waals surface area contributed by atoms with E-state index in [1.54, 1.807) is 0 Å². The van der Waals surface area contributed by atoms with Crippen molar-refractivity contribution in [3.8, 4) is 0 Å². The van der Waals surface area contributed by atoms with Gasteiger partial charge in [0, 0.05) is 0 Å². The molecule has 0 aliphatic heterocycles. The van der Waals surface area contributed by atoms with Crippen molar-refractivity contribution in [2.24, 2.45) is 17.3 Å². The van der Waals surface area contributed by atoms with E-state index in [0.717, 1.165) is 25.7 Å². The van der Waals surface area contributed by atoms with E-state index in [9.17, 15) is 9.90 Å². The van der Waals surface area contributed by atoms with E-state index in [2.05, 4.69) is 26.0 Å². The summed E-state index contributed by atoms with van der Waals surface area (Å²) in [6, 6.07) is 0. The molecule has 0 spiro atoms. The van der Waals surface area contributed by atoms with E-state index < -0.39 is 11.4 Å². The third-order valence-electron chi connectivity index (χ3n) is 4.59. The molecule has 2 nitrogen and oxygen atoms in total. The van der Waals surface area contributed by atoms with Crippen LogP contribution in [0.5, 0.6) is 0 Å². The second-order valence-electron chi connectivity index (χ2n) is 5.86. The zero-order valence-electron chi connectivity index (χ0n) is 11.0. The van der Waals surface area contributed by atoms with E-state index in [1.165, 1.54) is 11.1 Å². The topological polar surface area (TPSA) is 37.3 Å². The van der Waals surface area contributed by atoms with Crippen LogP contribution in [-0.2, 0) is 4.79 Å². The number of aliphatic carboxylic acids is 1. The van der Waals surface area contributed by atoms with Gasteiger partial charge in [0.25, 0.3) is 0 Å². The highest BCUT2D eigenvalue weighted by Crippen LogP contribution is 2.62. The first-order valence-electron chi connectivity index (χ1n) is 6.52. The van der Waals surface area contributed by atoms with Gasteiger partial charge in [-0.25, -0.2) is 0 Å². The molecule has 0 radical (unpaired) electrons. The molecule has 0 aromatic heterocycles. The molecule has 0 bridgehead atoms. The van der Waals surface area contributed by atoms with Crippen molar-refractivity contribution in [1.29, 1.82) is 0 Å². The van der Waals surface area contributed by atoms with Crippen LogP contribution in [0.4, 0.5) is 0 Å². The molecule has 1 fully saturated rings. The maximum Gasteiger partial charge on any atom is 0.310 e. The number of hydrogen-bond donors (Lipinski definition) is 1. The van der Waals surface area contributed by atoms with Gasteiger partial charge in [-0.2, -0.15) is 0 Å². The summed E-state index contributed by atoms with van der Waals surface area (Å²) >= 11 is 0. The minimum Gasteiger partial charge on any atom is -0.481 e. The molecule has 0 aromatic rings. The second-order valence-corrected chi connectivity index (χ2v) is 5.86. The highest BCUT2D eigenvalue weighted by Gasteiger charge is 2.64. The highest BCUT2D eigenvalue weighted by molar-refractivity contribution is 5.79. The van der Waals surface area contributed by atoms with Gasteiger partial charge in [0.15, 0.2) is 0 Å². The van der Waals surface area contributed by atoms with Gasteiger partial charge in [0.2, 0.25) is 0 Å². The van der Waals surface area contributed by atoms with Gasteiger partial charge >= 0.3 is 5.97 Å². The Morgan fingerprint density at radius 1 is 1.35 bits per heavy atom. The quantitative estimate of drug-likeness (QED) is 0.701. The van der Waals surface area contributed by atoms with Crippen LogP contribution in [0.1, 0.15) is 46.5 Å². The third-order valence-corrected chi connectivity index (χ3v) is 4.59. The molecule has 1 N–H and O–H groups in total. The molecule has 2 aliphatic rings. The predicted molar refractivity (Wildman–Crippen MR) is 68.7 cm³/mol. The van der Waals surface area contributed by atoms with Crippen LogP contribution in [-0.4, -0.2) is 11.1 Å². The summed E-state index contributed by atoms with van der Waals surface area (Å²) in [6.45, 7) is 6.20. The van der Waals surface area contributed by atoms with Crippen LogP contribution >= 0.6 is 0 Å². The van der Waals surface area contributed by atoms with Crippen molar-refractivity contribution >= 4 is 5.97 Å². The van der Waals surface area contributed by atoms with Gasteiger partial charge in [-0.05, 0) is 58.3 Å². The van der Waals surface area contributed by atoms with Gasteiger partial charge < -0.3 is 5.11 Å². The second kappa shape index (κ2) is 4.32. The summed E-state index contributed by atoms with van der Waals surface area (Å²) in [5.41, 5.74) is 2.25. The first kappa shape index (κ1) is 12.4. The van der Waals surface area contributed by atoms with Crippen molar-refractivity contribution in [3.63, 3.8) is 0 Å². The van der Waals surface area contributed by atoms with Crippen LogP contribution in [0.2, 0.25) is 0 Å². The van der Waals surface area contributed by atoms with Crippen LogP contribution < -0.4 is 0 Å². The summed E-state index contributed by atoms with van der Waals surface area (Å²) in [6.07, 6.45) is 8.74. The fourth-order valence-corrected chi connectivity index (χ4v) is 3.13. The van der Waals surface area contributed by atoms with Crippen molar-refractivity contribution in [2.75, 3.05) is 0 Å². The molecule has 3 unspecified atom stereocenters. The lowest BCUT2D eigenvalue weighted by Crippen LogP contribution is -2.14. The van der Waals surface area contributed by atoms with E-state index in [0.29, 0.717) is 5.92 Å². The average molecular weight is 234 g/mol.